The molecule has 1 aliphatic rings. The van der Waals surface area contributed by atoms with Crippen molar-refractivity contribution in [2.24, 2.45) is 5.73 Å². The van der Waals surface area contributed by atoms with Gasteiger partial charge in [-0.2, -0.15) is 5.26 Å². The van der Waals surface area contributed by atoms with E-state index in [9.17, 15) is 4.79 Å². The minimum absolute atomic E-state index is 0.121. The molecule has 1 aromatic carbocycles. The van der Waals surface area contributed by atoms with E-state index in [-0.39, 0.29) is 18.0 Å². The van der Waals surface area contributed by atoms with Crippen molar-refractivity contribution in [3.05, 3.63) is 58.7 Å². The number of nitrogens with two attached hydrogens (primary N) is 1. The Morgan fingerprint density at radius 1 is 1.33 bits per heavy atom. The van der Waals surface area contributed by atoms with E-state index < -0.39 is 11.5 Å². The lowest BCUT2D eigenvalue weighted by molar-refractivity contribution is -0.134. The summed E-state index contributed by atoms with van der Waals surface area (Å²) in [7, 11) is 0. The van der Waals surface area contributed by atoms with Gasteiger partial charge in [-0.3, -0.25) is 9.59 Å². The Kier molecular flexibility index (Phi) is 7.67. The largest absolute Gasteiger partial charge is 0.481 e. The molecule has 0 unspecified atom stereocenters. The van der Waals surface area contributed by atoms with E-state index in [2.05, 4.69) is 22.1 Å². The van der Waals surface area contributed by atoms with Crippen molar-refractivity contribution in [1.29, 1.82) is 5.26 Å². The average molecular weight is 409 g/mol. The summed E-state index contributed by atoms with van der Waals surface area (Å²) in [4.78, 5) is 28.4. The maximum absolute atomic E-state index is 12.6. The standard InChI is InChI=1S/C21H24N4O.C2H4O2/c1-21(2,23)16-9-8-15(18(11-16)14-6-4-3-5-7-14)10-19(26)20-24-13-17(12-22)25-20;1-2(3)4/h6,8-9,11,13H,3-5,7,10,23H2,1-2H3,(H,24,25);1H3,(H,3,4). The van der Waals surface area contributed by atoms with Gasteiger partial charge in [0, 0.05) is 18.9 Å². The molecule has 7 heteroatoms. The number of aromatic nitrogens is 2. The SMILES string of the molecule is CC(=O)O.CC(C)(N)c1ccc(CC(=O)c2ncc(C#N)[nH]2)c(C2=CCCCC2)c1. The topological polar surface area (TPSA) is 133 Å². The number of benzene rings is 1. The molecule has 158 valence electrons. The second-order valence-corrected chi connectivity index (χ2v) is 7.95. The second-order valence-electron chi connectivity index (χ2n) is 7.95. The number of nitrogens with one attached hydrogen (secondary N) is 1. The number of hydrogen-bond donors (Lipinski definition) is 3. The first-order chi connectivity index (χ1) is 14.1. The summed E-state index contributed by atoms with van der Waals surface area (Å²) < 4.78 is 0. The fourth-order valence-corrected chi connectivity index (χ4v) is 3.29. The first-order valence-corrected chi connectivity index (χ1v) is 9.91. The number of aromatic amines is 1. The lowest BCUT2D eigenvalue weighted by Gasteiger charge is -2.23. The Morgan fingerprint density at radius 3 is 2.57 bits per heavy atom. The second kappa shape index (κ2) is 9.99. The van der Waals surface area contributed by atoms with Gasteiger partial charge in [0.25, 0.3) is 5.97 Å². The molecular formula is C23H28N4O3. The Labute approximate surface area is 176 Å². The Morgan fingerprint density at radius 2 is 2.03 bits per heavy atom. The average Bonchev–Trinajstić information content (AvgIpc) is 3.17. The minimum Gasteiger partial charge on any atom is -0.481 e. The molecule has 0 spiro atoms. The lowest BCUT2D eigenvalue weighted by atomic mass is 9.85. The summed E-state index contributed by atoms with van der Waals surface area (Å²) >= 11 is 0. The number of carbonyl (C=O) groups is 2. The number of nitrogens with zero attached hydrogens (tertiary/aromatic N) is 2. The van der Waals surface area contributed by atoms with Crippen LogP contribution in [0.15, 0.2) is 30.5 Å². The zero-order chi connectivity index (χ0) is 22.3. The van der Waals surface area contributed by atoms with Crippen LogP contribution in [0.2, 0.25) is 0 Å². The van der Waals surface area contributed by atoms with Gasteiger partial charge < -0.3 is 15.8 Å². The zero-order valence-electron chi connectivity index (χ0n) is 17.7. The predicted octanol–water partition coefficient (Wildman–Crippen LogP) is 3.95. The van der Waals surface area contributed by atoms with E-state index in [1.165, 1.54) is 24.6 Å². The Bertz CT molecular complexity index is 987. The maximum atomic E-state index is 12.6. The van der Waals surface area contributed by atoms with Crippen LogP contribution >= 0.6 is 0 Å². The van der Waals surface area contributed by atoms with Gasteiger partial charge in [0.05, 0.1) is 6.20 Å². The van der Waals surface area contributed by atoms with E-state index in [0.717, 1.165) is 36.5 Å². The molecule has 1 aromatic heterocycles. The minimum atomic E-state index is -0.833. The van der Waals surface area contributed by atoms with Crippen LogP contribution in [0, 0.1) is 11.3 Å². The molecule has 0 saturated carbocycles. The quantitative estimate of drug-likeness (QED) is 0.642. The van der Waals surface area contributed by atoms with Crippen LogP contribution in [0.5, 0.6) is 0 Å². The van der Waals surface area contributed by atoms with Crippen molar-refractivity contribution >= 4 is 17.3 Å². The van der Waals surface area contributed by atoms with Gasteiger partial charge in [-0.05, 0) is 67.9 Å². The van der Waals surface area contributed by atoms with Crippen molar-refractivity contribution in [2.45, 2.75) is 58.4 Å². The number of carbonyl (C=O) groups excluding carboxylic acids is 1. The molecule has 30 heavy (non-hydrogen) atoms. The number of rotatable bonds is 5. The van der Waals surface area contributed by atoms with Gasteiger partial charge in [-0.1, -0.05) is 18.2 Å². The third-order valence-corrected chi connectivity index (χ3v) is 4.80. The molecular weight excluding hydrogens is 380 g/mol. The van der Waals surface area contributed by atoms with E-state index >= 15 is 0 Å². The highest BCUT2D eigenvalue weighted by molar-refractivity contribution is 5.95. The summed E-state index contributed by atoms with van der Waals surface area (Å²) in [5, 5.41) is 16.3. The highest BCUT2D eigenvalue weighted by Crippen LogP contribution is 2.32. The number of H-pyrrole nitrogens is 1. The number of hydrogen-bond acceptors (Lipinski definition) is 5. The van der Waals surface area contributed by atoms with Crippen LogP contribution in [0.25, 0.3) is 5.57 Å². The smallest absolute Gasteiger partial charge is 0.300 e. The molecule has 1 aliphatic carbocycles. The number of nitriles is 1. The van der Waals surface area contributed by atoms with Crippen molar-refractivity contribution in [3.8, 4) is 6.07 Å². The third kappa shape index (κ3) is 6.39. The van der Waals surface area contributed by atoms with Crippen LogP contribution < -0.4 is 5.73 Å². The van der Waals surface area contributed by atoms with Gasteiger partial charge in [0.2, 0.25) is 5.78 Å². The van der Waals surface area contributed by atoms with Crippen molar-refractivity contribution in [1.82, 2.24) is 9.97 Å². The van der Waals surface area contributed by atoms with Crippen LogP contribution in [0.3, 0.4) is 0 Å². The van der Waals surface area contributed by atoms with Gasteiger partial charge >= 0.3 is 0 Å². The van der Waals surface area contributed by atoms with E-state index in [4.69, 9.17) is 20.9 Å². The van der Waals surface area contributed by atoms with Crippen LogP contribution in [0.4, 0.5) is 0 Å². The van der Waals surface area contributed by atoms with E-state index in [1.807, 2.05) is 32.0 Å². The highest BCUT2D eigenvalue weighted by atomic mass is 16.4. The van der Waals surface area contributed by atoms with Crippen molar-refractivity contribution in [3.63, 3.8) is 0 Å². The Balaban J connectivity index is 0.000000735. The van der Waals surface area contributed by atoms with Crippen molar-refractivity contribution < 1.29 is 14.7 Å². The molecule has 0 aliphatic heterocycles. The number of ketones is 1. The van der Waals surface area contributed by atoms with E-state index in [1.54, 1.807) is 0 Å². The molecule has 3 rings (SSSR count). The summed E-state index contributed by atoms with van der Waals surface area (Å²) in [5.74, 6) is -0.725. The number of imidazole rings is 1. The molecule has 4 N–H and O–H groups in total. The van der Waals surface area contributed by atoms with Crippen LogP contribution in [-0.4, -0.2) is 26.8 Å². The van der Waals surface area contributed by atoms with Gasteiger partial charge in [-0.25, -0.2) is 4.98 Å². The fraction of sp³-hybridized carbons (Fsp3) is 0.391. The van der Waals surface area contributed by atoms with Gasteiger partial charge in [0.1, 0.15) is 11.8 Å². The number of allylic oxidation sites excluding steroid dienone is 2. The van der Waals surface area contributed by atoms with Gasteiger partial charge in [-0.15, -0.1) is 0 Å². The summed E-state index contributed by atoms with van der Waals surface area (Å²) in [6, 6.07) is 8.09. The summed E-state index contributed by atoms with van der Waals surface area (Å²) in [6.07, 6.45) is 8.38. The zero-order valence-corrected chi connectivity index (χ0v) is 17.7. The van der Waals surface area contributed by atoms with Gasteiger partial charge in [0.15, 0.2) is 5.82 Å². The van der Waals surface area contributed by atoms with Crippen molar-refractivity contribution in [2.75, 3.05) is 0 Å². The lowest BCUT2D eigenvalue weighted by Crippen LogP contribution is -2.28. The molecule has 0 saturated heterocycles. The normalized spacial score (nSPS) is 13.5. The predicted molar refractivity (Wildman–Crippen MR) is 115 cm³/mol. The molecule has 1 heterocycles. The third-order valence-electron chi connectivity index (χ3n) is 4.80. The molecule has 0 bridgehead atoms. The summed E-state index contributed by atoms with van der Waals surface area (Å²) in [6.45, 7) is 5.05. The fourth-order valence-electron chi connectivity index (χ4n) is 3.29. The van der Waals surface area contributed by atoms with Crippen LogP contribution in [0.1, 0.15) is 79.5 Å². The summed E-state index contributed by atoms with van der Waals surface area (Å²) in [5.41, 5.74) is 10.6. The number of aliphatic carboxylic acids is 1. The molecule has 0 amide bonds. The number of carboxylic acids is 1. The monoisotopic (exact) mass is 408 g/mol. The first-order valence-electron chi connectivity index (χ1n) is 9.91. The highest BCUT2D eigenvalue weighted by Gasteiger charge is 2.20. The first kappa shape index (κ1) is 23.0. The number of Topliss-reactive ketones (excluding diaryl/α,β-unsaturated/α-hetero) is 1. The van der Waals surface area contributed by atoms with Crippen LogP contribution in [-0.2, 0) is 16.8 Å². The van der Waals surface area contributed by atoms with E-state index in [0.29, 0.717) is 5.69 Å². The maximum Gasteiger partial charge on any atom is 0.300 e. The molecule has 0 fully saturated rings. The Hall–Kier alpha value is -3.24. The number of carboxylic acid groups (broad SMARTS) is 1. The molecule has 2 aromatic rings. The molecule has 7 nitrogen and oxygen atoms in total. The molecule has 0 radical (unpaired) electrons. The molecule has 0 atom stereocenters.